The number of halogens is 2. The first kappa shape index (κ1) is 25.5. The number of aromatic nitrogens is 2. The molecule has 0 spiro atoms. The zero-order valence-corrected chi connectivity index (χ0v) is 21.6. The molecular weight excluding hydrogens is 483 g/mol. The Labute approximate surface area is 216 Å². The van der Waals surface area contributed by atoms with Crippen LogP contribution in [-0.4, -0.2) is 26.0 Å². The average Bonchev–Trinajstić information content (AvgIpc) is 3.23. The van der Waals surface area contributed by atoms with Gasteiger partial charge in [0.05, 0.1) is 21.3 Å². The fourth-order valence-electron chi connectivity index (χ4n) is 4.90. The number of carboxylic acids is 1. The van der Waals surface area contributed by atoms with Crippen molar-refractivity contribution in [1.29, 1.82) is 0 Å². The molecule has 1 heterocycles. The third kappa shape index (κ3) is 5.64. The fraction of sp³-hybridized carbons (Fsp3) is 0.357. The van der Waals surface area contributed by atoms with Gasteiger partial charge in [0, 0.05) is 11.6 Å². The molecule has 1 aromatic heterocycles. The predicted octanol–water partition coefficient (Wildman–Crippen LogP) is 7.34. The summed E-state index contributed by atoms with van der Waals surface area (Å²) in [6.45, 7) is 5.69. The van der Waals surface area contributed by atoms with Gasteiger partial charge in [-0.15, -0.1) is 0 Å². The highest BCUT2D eigenvalue weighted by atomic mass is 35.5. The van der Waals surface area contributed by atoms with Gasteiger partial charge in [0.15, 0.2) is 0 Å². The van der Waals surface area contributed by atoms with Crippen LogP contribution in [0.3, 0.4) is 0 Å². The summed E-state index contributed by atoms with van der Waals surface area (Å²) in [6.07, 6.45) is 7.13. The first-order valence-electron chi connectivity index (χ1n) is 11.8. The molecule has 0 aliphatic heterocycles. The molecule has 7 heteroatoms. The van der Waals surface area contributed by atoms with E-state index in [4.69, 9.17) is 28.3 Å². The molecular formula is C28H30Cl2N2O3. The lowest BCUT2D eigenvalue weighted by Crippen LogP contribution is -2.22. The Morgan fingerprint density at radius 3 is 2.43 bits per heavy atom. The molecule has 184 valence electrons. The maximum atomic E-state index is 11.2. The Hall–Kier alpha value is -2.60. The van der Waals surface area contributed by atoms with Crippen LogP contribution in [0.15, 0.2) is 54.6 Å². The number of allylic oxidation sites excluding steroid dienone is 1. The van der Waals surface area contributed by atoms with Crippen molar-refractivity contribution < 1.29 is 15.0 Å². The Morgan fingerprint density at radius 1 is 1.11 bits per heavy atom. The number of benzene rings is 2. The molecule has 2 aromatic carbocycles. The molecule has 1 fully saturated rings. The summed E-state index contributed by atoms with van der Waals surface area (Å²) in [7, 11) is 0. The highest BCUT2D eigenvalue weighted by molar-refractivity contribution is 6.37. The second-order valence-corrected chi connectivity index (χ2v) is 10.8. The van der Waals surface area contributed by atoms with E-state index in [2.05, 4.69) is 13.0 Å². The fourth-order valence-corrected chi connectivity index (χ4v) is 5.46. The highest BCUT2D eigenvalue weighted by Gasteiger charge is 2.33. The molecule has 0 bridgehead atoms. The predicted molar refractivity (Wildman–Crippen MR) is 141 cm³/mol. The maximum absolute atomic E-state index is 11.2. The number of aromatic carboxylic acids is 1. The largest absolute Gasteiger partial charge is 0.478 e. The van der Waals surface area contributed by atoms with Crippen molar-refractivity contribution in [1.82, 2.24) is 9.78 Å². The van der Waals surface area contributed by atoms with E-state index in [-0.39, 0.29) is 5.92 Å². The van der Waals surface area contributed by atoms with Crippen molar-refractivity contribution >= 4 is 35.2 Å². The molecule has 1 aliphatic rings. The third-order valence-electron chi connectivity index (χ3n) is 6.80. The van der Waals surface area contributed by atoms with Crippen molar-refractivity contribution in [3.63, 3.8) is 0 Å². The van der Waals surface area contributed by atoms with Crippen LogP contribution >= 0.6 is 23.2 Å². The molecule has 0 radical (unpaired) electrons. The van der Waals surface area contributed by atoms with Crippen LogP contribution in [0.4, 0.5) is 0 Å². The highest BCUT2D eigenvalue weighted by Crippen LogP contribution is 2.43. The molecule has 5 nitrogen and oxygen atoms in total. The standard InChI is InChI=1S/C28H30Cl2N2O3/c1-17-14-19(11-10-18-6-4-7-20(15-18)27(33)34)12-13-21(17)24-16-25(28(2,3)35)31-32(24)26-22(29)8-5-9-23(26)30/h4-11,15-17,19,21,35H,12-14H2,1-3H3,(H,33,34)/b11-10+/t17?,19-,21?/m1/s1. The number of para-hydroxylation sites is 1. The quantitative estimate of drug-likeness (QED) is 0.362. The summed E-state index contributed by atoms with van der Waals surface area (Å²) < 4.78 is 1.81. The Bertz CT molecular complexity index is 1240. The molecule has 2 N–H and O–H groups in total. The van der Waals surface area contributed by atoms with E-state index < -0.39 is 11.6 Å². The van der Waals surface area contributed by atoms with Crippen molar-refractivity contribution in [2.45, 2.75) is 51.6 Å². The number of hydrogen-bond donors (Lipinski definition) is 2. The van der Waals surface area contributed by atoms with Gasteiger partial charge in [-0.1, -0.05) is 60.5 Å². The Kier molecular flexibility index (Phi) is 7.41. The van der Waals surface area contributed by atoms with E-state index in [1.54, 1.807) is 50.2 Å². The van der Waals surface area contributed by atoms with Crippen molar-refractivity contribution in [2.24, 2.45) is 11.8 Å². The van der Waals surface area contributed by atoms with Gasteiger partial charge >= 0.3 is 5.97 Å². The number of carbonyl (C=O) groups is 1. The zero-order chi connectivity index (χ0) is 25.3. The molecule has 0 saturated heterocycles. The molecule has 2 unspecified atom stereocenters. The number of hydrogen-bond acceptors (Lipinski definition) is 3. The second-order valence-electron chi connectivity index (χ2n) is 9.94. The van der Waals surface area contributed by atoms with Gasteiger partial charge in [0.1, 0.15) is 11.3 Å². The van der Waals surface area contributed by atoms with Crippen molar-refractivity contribution in [3.8, 4) is 5.69 Å². The molecule has 1 aliphatic carbocycles. The minimum atomic E-state index is -1.10. The molecule has 3 aromatic rings. The van der Waals surface area contributed by atoms with Crippen LogP contribution in [0.1, 0.15) is 73.3 Å². The van der Waals surface area contributed by atoms with Crippen molar-refractivity contribution in [3.05, 3.63) is 87.2 Å². The first-order chi connectivity index (χ1) is 16.5. The van der Waals surface area contributed by atoms with Gasteiger partial charge in [-0.2, -0.15) is 5.10 Å². The minimum Gasteiger partial charge on any atom is -0.478 e. The lowest BCUT2D eigenvalue weighted by atomic mass is 9.73. The van der Waals surface area contributed by atoms with E-state index in [1.165, 1.54) is 0 Å². The molecule has 4 rings (SSSR count). The summed E-state index contributed by atoms with van der Waals surface area (Å²) in [4.78, 5) is 11.2. The van der Waals surface area contributed by atoms with Crippen LogP contribution < -0.4 is 0 Å². The minimum absolute atomic E-state index is 0.228. The number of aliphatic hydroxyl groups is 1. The van der Waals surface area contributed by atoms with E-state index in [9.17, 15) is 15.0 Å². The van der Waals surface area contributed by atoms with Gasteiger partial charge in [-0.25, -0.2) is 9.48 Å². The van der Waals surface area contributed by atoms with Gasteiger partial charge in [0.2, 0.25) is 0 Å². The molecule has 3 atom stereocenters. The molecule has 0 amide bonds. The first-order valence-corrected chi connectivity index (χ1v) is 12.6. The van der Waals surface area contributed by atoms with Gasteiger partial charge < -0.3 is 10.2 Å². The zero-order valence-electron chi connectivity index (χ0n) is 20.1. The SMILES string of the molecule is CC1C[C@H](/C=C/c2cccc(C(=O)O)c2)CCC1c1cc(C(C)(C)O)nn1-c1c(Cl)cccc1Cl. The lowest BCUT2D eigenvalue weighted by Gasteiger charge is -2.33. The average molecular weight is 513 g/mol. The summed E-state index contributed by atoms with van der Waals surface area (Å²) in [5.74, 6) is 0.0554. The summed E-state index contributed by atoms with van der Waals surface area (Å²) >= 11 is 13.1. The van der Waals surface area contributed by atoms with Gasteiger partial charge in [0.25, 0.3) is 0 Å². The normalized spacial score (nSPS) is 20.9. The van der Waals surface area contributed by atoms with Gasteiger partial charge in [-0.3, -0.25) is 0 Å². The lowest BCUT2D eigenvalue weighted by molar-refractivity contribution is 0.0695. The number of nitrogens with zero attached hydrogens (tertiary/aromatic N) is 2. The van der Waals surface area contributed by atoms with E-state index in [0.29, 0.717) is 38.8 Å². The number of carboxylic acid groups (broad SMARTS) is 1. The third-order valence-corrected chi connectivity index (χ3v) is 7.41. The number of rotatable bonds is 6. The van der Waals surface area contributed by atoms with E-state index >= 15 is 0 Å². The molecule has 35 heavy (non-hydrogen) atoms. The Morgan fingerprint density at radius 2 is 1.80 bits per heavy atom. The van der Waals surface area contributed by atoms with Crippen LogP contribution in [-0.2, 0) is 5.60 Å². The summed E-state index contributed by atoms with van der Waals surface area (Å²) in [5.41, 5.74) is 2.30. The van der Waals surface area contributed by atoms with Crippen LogP contribution in [0.2, 0.25) is 10.0 Å². The monoisotopic (exact) mass is 512 g/mol. The van der Waals surface area contributed by atoms with Crippen molar-refractivity contribution in [2.75, 3.05) is 0 Å². The van der Waals surface area contributed by atoms with Gasteiger partial charge in [-0.05, 0) is 80.8 Å². The summed E-state index contributed by atoms with van der Waals surface area (Å²) in [5, 5.41) is 25.6. The van der Waals surface area contributed by atoms with E-state index in [1.807, 2.05) is 22.9 Å². The molecule has 1 saturated carbocycles. The summed E-state index contributed by atoms with van der Waals surface area (Å²) in [6, 6.07) is 14.4. The van der Waals surface area contributed by atoms with E-state index in [0.717, 1.165) is 30.5 Å². The maximum Gasteiger partial charge on any atom is 0.335 e. The smallest absolute Gasteiger partial charge is 0.335 e. The van der Waals surface area contributed by atoms with Crippen LogP contribution in [0.5, 0.6) is 0 Å². The second kappa shape index (κ2) is 10.2. The Balaban J connectivity index is 1.60. The topological polar surface area (TPSA) is 75.3 Å². The van der Waals surface area contributed by atoms with Crippen LogP contribution in [0, 0.1) is 11.8 Å². The van der Waals surface area contributed by atoms with Crippen LogP contribution in [0.25, 0.3) is 11.8 Å².